The van der Waals surface area contributed by atoms with Crippen molar-refractivity contribution in [1.29, 1.82) is 0 Å². The van der Waals surface area contributed by atoms with Crippen molar-refractivity contribution in [2.75, 3.05) is 0 Å². The number of rotatable bonds is 0. The van der Waals surface area contributed by atoms with E-state index in [1.165, 1.54) is 5.56 Å². The minimum Gasteiger partial charge on any atom is -0.333 e. The molecule has 2 rings (SSSR count). The van der Waals surface area contributed by atoms with Crippen LogP contribution in [0.3, 0.4) is 0 Å². The fourth-order valence-electron chi connectivity index (χ4n) is 0.792. The van der Waals surface area contributed by atoms with E-state index in [0.29, 0.717) is 0 Å². The fourth-order valence-corrected chi connectivity index (χ4v) is 1.20. The number of hydrogen-bond acceptors (Lipinski definition) is 2. The van der Waals surface area contributed by atoms with Crippen LogP contribution in [0.4, 0.5) is 0 Å². The SMILES string of the molecule is C1=CNSC=C1.Cc1ccccc1. The van der Waals surface area contributed by atoms with E-state index in [1.807, 2.05) is 42.0 Å². The molecule has 0 atom stereocenters. The number of benzene rings is 1. The highest BCUT2D eigenvalue weighted by molar-refractivity contribution is 8.00. The van der Waals surface area contributed by atoms with Gasteiger partial charge in [0.25, 0.3) is 0 Å². The number of aryl methyl sites for hydroxylation is 1. The Bertz CT molecular complexity index is 265. The average Bonchev–Trinajstić information content (AvgIpc) is 2.22. The van der Waals surface area contributed by atoms with Gasteiger partial charge in [-0.05, 0) is 30.4 Å². The molecule has 1 aliphatic rings. The van der Waals surface area contributed by atoms with Gasteiger partial charge in [0.1, 0.15) is 0 Å². The van der Waals surface area contributed by atoms with Gasteiger partial charge in [0.05, 0.1) is 0 Å². The fraction of sp³-hybridized carbons (Fsp3) is 0.0909. The zero-order chi connectivity index (χ0) is 9.36. The second kappa shape index (κ2) is 6.38. The first kappa shape index (κ1) is 9.93. The van der Waals surface area contributed by atoms with Crippen LogP contribution in [-0.2, 0) is 0 Å². The van der Waals surface area contributed by atoms with E-state index in [2.05, 4.69) is 23.8 Å². The van der Waals surface area contributed by atoms with Crippen molar-refractivity contribution in [2.24, 2.45) is 0 Å². The molecule has 0 aromatic heterocycles. The Hall–Kier alpha value is -1.15. The smallest absolute Gasteiger partial charge is 0.00756 e. The standard InChI is InChI=1S/C7H8.C4H5NS/c1-7-5-3-2-4-6-7;1-2-4-6-5-3-1/h2-6H,1H3;1-5H. The Labute approximate surface area is 83.7 Å². The summed E-state index contributed by atoms with van der Waals surface area (Å²) in [4.78, 5) is 0. The second-order valence-electron chi connectivity index (χ2n) is 2.58. The molecule has 1 aliphatic heterocycles. The minimum atomic E-state index is 1.32. The van der Waals surface area contributed by atoms with Gasteiger partial charge in [-0.3, -0.25) is 0 Å². The van der Waals surface area contributed by atoms with E-state index >= 15 is 0 Å². The zero-order valence-corrected chi connectivity index (χ0v) is 8.42. The van der Waals surface area contributed by atoms with Gasteiger partial charge in [-0.15, -0.1) is 0 Å². The molecule has 0 unspecified atom stereocenters. The van der Waals surface area contributed by atoms with E-state index in [0.717, 1.165) is 0 Å². The van der Waals surface area contributed by atoms with Crippen molar-refractivity contribution in [1.82, 2.24) is 4.72 Å². The third-order valence-electron chi connectivity index (χ3n) is 1.43. The lowest BCUT2D eigenvalue weighted by Gasteiger charge is -1.93. The topological polar surface area (TPSA) is 12.0 Å². The summed E-state index contributed by atoms with van der Waals surface area (Å²) in [6.07, 6.45) is 5.84. The molecule has 1 nitrogen and oxygen atoms in total. The van der Waals surface area contributed by atoms with Crippen LogP contribution in [0.25, 0.3) is 0 Å². The molecule has 68 valence electrons. The summed E-state index contributed by atoms with van der Waals surface area (Å²) in [7, 11) is 0. The van der Waals surface area contributed by atoms with E-state index in [-0.39, 0.29) is 0 Å². The molecule has 1 aromatic rings. The van der Waals surface area contributed by atoms with E-state index in [4.69, 9.17) is 0 Å². The van der Waals surface area contributed by atoms with Crippen molar-refractivity contribution in [3.05, 3.63) is 59.7 Å². The molecule has 0 saturated carbocycles. The average molecular weight is 191 g/mol. The molecule has 13 heavy (non-hydrogen) atoms. The molecule has 0 radical (unpaired) electrons. The molecule has 1 heterocycles. The van der Waals surface area contributed by atoms with Crippen LogP contribution in [0.15, 0.2) is 54.1 Å². The third kappa shape index (κ3) is 5.15. The first-order valence-electron chi connectivity index (χ1n) is 4.14. The number of hydrogen-bond donors (Lipinski definition) is 1. The highest BCUT2D eigenvalue weighted by Crippen LogP contribution is 1.98. The molecule has 0 aliphatic carbocycles. The number of allylic oxidation sites excluding steroid dienone is 2. The lowest BCUT2D eigenvalue weighted by atomic mass is 10.2. The highest BCUT2D eigenvalue weighted by Gasteiger charge is 1.74. The summed E-state index contributed by atoms with van der Waals surface area (Å²) >= 11 is 1.58. The Kier molecular flexibility index (Phi) is 4.87. The minimum absolute atomic E-state index is 1.32. The summed E-state index contributed by atoms with van der Waals surface area (Å²) in [5.41, 5.74) is 1.32. The third-order valence-corrected chi connectivity index (χ3v) is 2.00. The van der Waals surface area contributed by atoms with Gasteiger partial charge < -0.3 is 4.72 Å². The predicted octanol–water partition coefficient (Wildman–Crippen LogP) is 3.26. The van der Waals surface area contributed by atoms with Crippen molar-refractivity contribution in [3.63, 3.8) is 0 Å². The Morgan fingerprint density at radius 3 is 2.08 bits per heavy atom. The summed E-state index contributed by atoms with van der Waals surface area (Å²) in [6.45, 7) is 2.08. The Balaban J connectivity index is 0.000000132. The van der Waals surface area contributed by atoms with Crippen LogP contribution in [0.2, 0.25) is 0 Å². The Morgan fingerprint density at radius 1 is 1.08 bits per heavy atom. The van der Waals surface area contributed by atoms with E-state index in [1.54, 1.807) is 11.9 Å². The normalized spacial score (nSPS) is 12.7. The van der Waals surface area contributed by atoms with Crippen LogP contribution >= 0.6 is 11.9 Å². The van der Waals surface area contributed by atoms with Crippen LogP contribution < -0.4 is 4.72 Å². The van der Waals surface area contributed by atoms with E-state index in [9.17, 15) is 0 Å². The number of nitrogens with one attached hydrogen (secondary N) is 1. The summed E-state index contributed by atoms with van der Waals surface area (Å²) in [5.74, 6) is 0. The van der Waals surface area contributed by atoms with Gasteiger partial charge in [0.2, 0.25) is 0 Å². The lowest BCUT2D eigenvalue weighted by molar-refractivity contribution is 1.42. The zero-order valence-electron chi connectivity index (χ0n) is 7.60. The van der Waals surface area contributed by atoms with Crippen LogP contribution in [0.5, 0.6) is 0 Å². The summed E-state index contributed by atoms with van der Waals surface area (Å²) in [5, 5.41) is 1.99. The van der Waals surface area contributed by atoms with Gasteiger partial charge in [0, 0.05) is 6.20 Å². The summed E-state index contributed by atoms with van der Waals surface area (Å²) < 4.78 is 2.93. The van der Waals surface area contributed by atoms with Gasteiger partial charge in [-0.2, -0.15) is 0 Å². The monoisotopic (exact) mass is 191 g/mol. The lowest BCUT2D eigenvalue weighted by Crippen LogP contribution is -1.88. The molecular formula is C11H13NS. The van der Waals surface area contributed by atoms with Crippen LogP contribution in [-0.4, -0.2) is 0 Å². The maximum Gasteiger partial charge on any atom is 0.00756 e. The van der Waals surface area contributed by atoms with Gasteiger partial charge >= 0.3 is 0 Å². The second-order valence-corrected chi connectivity index (χ2v) is 3.32. The van der Waals surface area contributed by atoms with Gasteiger partial charge in [0.15, 0.2) is 0 Å². The Morgan fingerprint density at radius 2 is 1.85 bits per heavy atom. The van der Waals surface area contributed by atoms with Gasteiger partial charge in [-0.25, -0.2) is 0 Å². The molecule has 1 aromatic carbocycles. The van der Waals surface area contributed by atoms with Crippen molar-refractivity contribution < 1.29 is 0 Å². The maximum absolute atomic E-state index is 2.93. The van der Waals surface area contributed by atoms with Crippen LogP contribution in [0.1, 0.15) is 5.56 Å². The maximum atomic E-state index is 2.93. The quantitative estimate of drug-likeness (QED) is 0.632. The van der Waals surface area contributed by atoms with Crippen LogP contribution in [0, 0.1) is 6.92 Å². The first-order chi connectivity index (χ1) is 6.39. The molecule has 0 amide bonds. The van der Waals surface area contributed by atoms with Crippen molar-refractivity contribution in [3.8, 4) is 0 Å². The highest BCUT2D eigenvalue weighted by atomic mass is 32.2. The molecule has 0 spiro atoms. The molecule has 2 heteroatoms. The van der Waals surface area contributed by atoms with E-state index < -0.39 is 0 Å². The van der Waals surface area contributed by atoms with Gasteiger partial charge in [-0.1, -0.05) is 42.0 Å². The molecule has 1 N–H and O–H groups in total. The molecular weight excluding hydrogens is 178 g/mol. The predicted molar refractivity (Wildman–Crippen MR) is 60.2 cm³/mol. The largest absolute Gasteiger partial charge is 0.333 e. The molecule has 0 fully saturated rings. The summed E-state index contributed by atoms with van der Waals surface area (Å²) in [6, 6.07) is 10.3. The van der Waals surface area contributed by atoms with Crippen molar-refractivity contribution in [2.45, 2.75) is 6.92 Å². The molecule has 0 bridgehead atoms. The first-order valence-corrected chi connectivity index (χ1v) is 5.02. The van der Waals surface area contributed by atoms with Crippen molar-refractivity contribution >= 4 is 11.9 Å². The molecule has 0 saturated heterocycles.